The molecule has 2 heteroatoms. The molecule has 0 spiro atoms. The fourth-order valence-corrected chi connectivity index (χ4v) is 2.75. The van der Waals surface area contributed by atoms with Crippen LogP contribution in [0.15, 0.2) is 12.2 Å². The first-order valence-corrected chi connectivity index (χ1v) is 6.14. The smallest absolute Gasteiger partial charge is 0.0355 e. The van der Waals surface area contributed by atoms with Crippen molar-refractivity contribution in [1.29, 1.82) is 0 Å². The van der Waals surface area contributed by atoms with Crippen molar-refractivity contribution in [3.63, 3.8) is 0 Å². The van der Waals surface area contributed by atoms with E-state index in [9.17, 15) is 0 Å². The first kappa shape index (κ1) is 12.7. The molecular formula is C13H26N2. The molecule has 0 aromatic carbocycles. The van der Waals surface area contributed by atoms with Crippen molar-refractivity contribution in [1.82, 2.24) is 5.32 Å². The van der Waals surface area contributed by atoms with Crippen molar-refractivity contribution in [2.24, 2.45) is 11.1 Å². The van der Waals surface area contributed by atoms with Gasteiger partial charge in [-0.2, -0.15) is 0 Å². The van der Waals surface area contributed by atoms with Crippen LogP contribution in [0.2, 0.25) is 0 Å². The van der Waals surface area contributed by atoms with E-state index in [0.29, 0.717) is 5.41 Å². The van der Waals surface area contributed by atoms with Crippen LogP contribution in [-0.4, -0.2) is 18.6 Å². The predicted octanol–water partition coefficient (Wildman–Crippen LogP) is 2.45. The zero-order valence-corrected chi connectivity index (χ0v) is 10.5. The summed E-state index contributed by atoms with van der Waals surface area (Å²) in [6.07, 6.45) is 9.25. The number of hydrogen-bond acceptors (Lipinski definition) is 2. The molecule has 0 aromatic rings. The second-order valence-corrected chi connectivity index (χ2v) is 5.31. The van der Waals surface area contributed by atoms with Gasteiger partial charge in [0.2, 0.25) is 0 Å². The highest BCUT2D eigenvalue weighted by Crippen LogP contribution is 2.45. The molecule has 1 atom stereocenters. The molecule has 2 nitrogen and oxygen atoms in total. The third-order valence-corrected chi connectivity index (χ3v) is 4.06. The minimum absolute atomic E-state index is 0.175. The van der Waals surface area contributed by atoms with Gasteiger partial charge in [0.15, 0.2) is 0 Å². The largest absolute Gasteiger partial charge is 0.329 e. The van der Waals surface area contributed by atoms with Gasteiger partial charge in [-0.3, -0.25) is 0 Å². The molecular weight excluding hydrogens is 184 g/mol. The minimum atomic E-state index is 0.175. The van der Waals surface area contributed by atoms with Gasteiger partial charge in [-0.05, 0) is 38.1 Å². The van der Waals surface area contributed by atoms with Gasteiger partial charge >= 0.3 is 0 Å². The van der Waals surface area contributed by atoms with Crippen molar-refractivity contribution in [2.75, 3.05) is 13.1 Å². The average Bonchev–Trinajstić information content (AvgIpc) is 2.49. The molecule has 1 rings (SSSR count). The van der Waals surface area contributed by atoms with Crippen LogP contribution in [0.4, 0.5) is 0 Å². The SMILES string of the molecule is C/C=C/CCNC1(CN)CCCC1(C)C. The molecule has 0 aliphatic heterocycles. The van der Waals surface area contributed by atoms with Crippen LogP contribution in [0.5, 0.6) is 0 Å². The molecule has 0 aromatic heterocycles. The molecule has 15 heavy (non-hydrogen) atoms. The van der Waals surface area contributed by atoms with E-state index >= 15 is 0 Å². The van der Waals surface area contributed by atoms with Crippen LogP contribution in [0, 0.1) is 5.41 Å². The van der Waals surface area contributed by atoms with Gasteiger partial charge in [0.05, 0.1) is 0 Å². The molecule has 0 saturated heterocycles. The predicted molar refractivity (Wildman–Crippen MR) is 66.9 cm³/mol. The standard InChI is InChI=1S/C13H26N2/c1-4-5-6-10-15-13(11-14)9-7-8-12(13,2)3/h4-5,15H,6-11,14H2,1-3H3/b5-4+. The monoisotopic (exact) mass is 210 g/mol. The van der Waals surface area contributed by atoms with Gasteiger partial charge in [0, 0.05) is 12.1 Å². The third-order valence-electron chi connectivity index (χ3n) is 4.06. The van der Waals surface area contributed by atoms with Crippen LogP contribution in [-0.2, 0) is 0 Å². The Morgan fingerprint density at radius 2 is 2.07 bits per heavy atom. The highest BCUT2D eigenvalue weighted by molar-refractivity contribution is 5.05. The van der Waals surface area contributed by atoms with E-state index < -0.39 is 0 Å². The summed E-state index contributed by atoms with van der Waals surface area (Å²) in [6.45, 7) is 8.56. The fourth-order valence-electron chi connectivity index (χ4n) is 2.75. The van der Waals surface area contributed by atoms with Gasteiger partial charge in [0.1, 0.15) is 0 Å². The van der Waals surface area contributed by atoms with Crippen molar-refractivity contribution >= 4 is 0 Å². The van der Waals surface area contributed by atoms with Crippen LogP contribution in [0.25, 0.3) is 0 Å². The second kappa shape index (κ2) is 5.13. The quantitative estimate of drug-likeness (QED) is 0.540. The van der Waals surface area contributed by atoms with Gasteiger partial charge in [0.25, 0.3) is 0 Å². The highest BCUT2D eigenvalue weighted by atomic mass is 15.0. The summed E-state index contributed by atoms with van der Waals surface area (Å²) < 4.78 is 0. The fraction of sp³-hybridized carbons (Fsp3) is 0.846. The van der Waals surface area contributed by atoms with Crippen LogP contribution >= 0.6 is 0 Å². The number of nitrogens with one attached hydrogen (secondary N) is 1. The summed E-state index contributed by atoms with van der Waals surface area (Å²) in [5.74, 6) is 0. The Hall–Kier alpha value is -0.340. The zero-order valence-electron chi connectivity index (χ0n) is 10.5. The molecule has 1 fully saturated rings. The van der Waals surface area contributed by atoms with Crippen LogP contribution < -0.4 is 11.1 Å². The maximum atomic E-state index is 5.98. The summed E-state index contributed by atoms with van der Waals surface area (Å²) in [7, 11) is 0. The molecule has 0 bridgehead atoms. The third kappa shape index (κ3) is 2.61. The van der Waals surface area contributed by atoms with Crippen molar-refractivity contribution < 1.29 is 0 Å². The van der Waals surface area contributed by atoms with Gasteiger partial charge in [-0.1, -0.05) is 32.4 Å². The van der Waals surface area contributed by atoms with Gasteiger partial charge in [-0.25, -0.2) is 0 Å². The molecule has 0 radical (unpaired) electrons. The molecule has 1 aliphatic carbocycles. The topological polar surface area (TPSA) is 38.0 Å². The van der Waals surface area contributed by atoms with E-state index in [1.54, 1.807) is 0 Å². The van der Waals surface area contributed by atoms with Gasteiger partial charge in [-0.15, -0.1) is 0 Å². The Morgan fingerprint density at radius 3 is 2.53 bits per heavy atom. The molecule has 1 aliphatic rings. The molecule has 0 amide bonds. The molecule has 3 N–H and O–H groups in total. The Kier molecular flexibility index (Phi) is 4.35. The number of nitrogens with two attached hydrogens (primary N) is 1. The van der Waals surface area contributed by atoms with Crippen molar-refractivity contribution in [3.05, 3.63) is 12.2 Å². The summed E-state index contributed by atoms with van der Waals surface area (Å²) >= 11 is 0. The molecule has 1 saturated carbocycles. The Labute approximate surface area is 94.3 Å². The van der Waals surface area contributed by atoms with E-state index in [2.05, 4.69) is 38.2 Å². The van der Waals surface area contributed by atoms with E-state index in [-0.39, 0.29) is 5.54 Å². The molecule has 1 unspecified atom stereocenters. The second-order valence-electron chi connectivity index (χ2n) is 5.31. The van der Waals surface area contributed by atoms with E-state index in [1.807, 2.05) is 0 Å². The van der Waals surface area contributed by atoms with Crippen molar-refractivity contribution in [3.8, 4) is 0 Å². The first-order valence-electron chi connectivity index (χ1n) is 6.14. The summed E-state index contributed by atoms with van der Waals surface area (Å²) in [6, 6.07) is 0. The molecule has 88 valence electrons. The lowest BCUT2D eigenvalue weighted by Gasteiger charge is -2.42. The summed E-state index contributed by atoms with van der Waals surface area (Å²) in [5.41, 5.74) is 6.50. The van der Waals surface area contributed by atoms with E-state index in [1.165, 1.54) is 19.3 Å². The highest BCUT2D eigenvalue weighted by Gasteiger charge is 2.46. The van der Waals surface area contributed by atoms with Crippen molar-refractivity contribution in [2.45, 2.75) is 52.0 Å². The number of hydrogen-bond donors (Lipinski definition) is 2. The maximum absolute atomic E-state index is 5.98. The zero-order chi connectivity index (χ0) is 11.4. The maximum Gasteiger partial charge on any atom is 0.0355 e. The summed E-state index contributed by atoms with van der Waals surface area (Å²) in [5, 5.41) is 3.69. The lowest BCUT2D eigenvalue weighted by molar-refractivity contribution is 0.165. The van der Waals surface area contributed by atoms with Gasteiger partial charge < -0.3 is 11.1 Å². The Bertz CT molecular complexity index is 221. The van der Waals surface area contributed by atoms with E-state index in [0.717, 1.165) is 19.5 Å². The average molecular weight is 210 g/mol. The molecule has 0 heterocycles. The minimum Gasteiger partial charge on any atom is -0.329 e. The number of allylic oxidation sites excluding steroid dienone is 1. The van der Waals surface area contributed by atoms with E-state index in [4.69, 9.17) is 5.73 Å². The lowest BCUT2D eigenvalue weighted by Crippen LogP contribution is -2.57. The summed E-state index contributed by atoms with van der Waals surface area (Å²) in [4.78, 5) is 0. The van der Waals surface area contributed by atoms with Crippen LogP contribution in [0.1, 0.15) is 46.5 Å². The van der Waals surface area contributed by atoms with Crippen LogP contribution in [0.3, 0.4) is 0 Å². The lowest BCUT2D eigenvalue weighted by atomic mass is 9.75. The first-order chi connectivity index (χ1) is 7.08. The normalized spacial score (nSPS) is 30.1. The number of rotatable bonds is 5. The Balaban J connectivity index is 2.53. The Morgan fingerprint density at radius 1 is 1.33 bits per heavy atom.